The fourth-order valence-corrected chi connectivity index (χ4v) is 2.40. The van der Waals surface area contributed by atoms with Gasteiger partial charge in [0, 0.05) is 19.1 Å². The van der Waals surface area contributed by atoms with Crippen molar-refractivity contribution in [1.82, 2.24) is 20.7 Å². The Hall–Kier alpha value is -1.19. The van der Waals surface area contributed by atoms with Crippen molar-refractivity contribution in [3.63, 3.8) is 0 Å². The van der Waals surface area contributed by atoms with Gasteiger partial charge in [-0.05, 0) is 20.8 Å². The molecule has 3 amide bonds. The Balaban J connectivity index is 4.32. The number of nitrogens with one attached hydrogen (secondary N) is 4. The van der Waals surface area contributed by atoms with Crippen LogP contribution < -0.4 is 20.7 Å². The molecule has 0 saturated heterocycles. The maximum Gasteiger partial charge on any atom is 0.321 e. The third-order valence-electron chi connectivity index (χ3n) is 2.17. The van der Waals surface area contributed by atoms with E-state index in [0.29, 0.717) is 0 Å². The molecule has 0 aromatic rings. The number of carbonyl (C=O) groups excluding carboxylic acids is 2. The summed E-state index contributed by atoms with van der Waals surface area (Å²) in [6.45, 7) is 5.19. The molecule has 0 aliphatic rings. The summed E-state index contributed by atoms with van der Waals surface area (Å²) in [6.07, 6.45) is 1.07. The lowest BCUT2D eigenvalue weighted by Gasteiger charge is -2.27. The number of imide groups is 1. The first kappa shape index (κ1) is 17.8. The topological polar surface area (TPSA) is 116 Å². The van der Waals surface area contributed by atoms with E-state index in [4.69, 9.17) is 0 Å². The molecule has 4 N–H and O–H groups in total. The minimum atomic E-state index is -3.33. The van der Waals surface area contributed by atoms with Crippen LogP contribution in [0.15, 0.2) is 0 Å². The van der Waals surface area contributed by atoms with Gasteiger partial charge in [-0.3, -0.25) is 10.1 Å². The van der Waals surface area contributed by atoms with Crippen molar-refractivity contribution >= 4 is 22.0 Å². The average Bonchev–Trinajstić information content (AvgIpc) is 2.22. The maximum atomic E-state index is 11.5. The van der Waals surface area contributed by atoms with Gasteiger partial charge in [-0.1, -0.05) is 0 Å². The number of amides is 3. The van der Waals surface area contributed by atoms with Crippen LogP contribution in [0.4, 0.5) is 4.79 Å². The van der Waals surface area contributed by atoms with Gasteiger partial charge in [0.05, 0.1) is 12.3 Å². The van der Waals surface area contributed by atoms with E-state index in [0.717, 1.165) is 6.26 Å². The summed E-state index contributed by atoms with van der Waals surface area (Å²) in [5.74, 6) is -0.491. The molecule has 0 fully saturated rings. The molecule has 0 heterocycles. The lowest BCUT2D eigenvalue weighted by atomic mass is 10.1. The highest BCUT2D eigenvalue weighted by molar-refractivity contribution is 7.88. The number of sulfonamides is 1. The van der Waals surface area contributed by atoms with E-state index in [9.17, 15) is 18.0 Å². The Labute approximate surface area is 113 Å². The van der Waals surface area contributed by atoms with Crippen LogP contribution in [0.25, 0.3) is 0 Å². The first-order chi connectivity index (χ1) is 8.47. The van der Waals surface area contributed by atoms with E-state index in [2.05, 4.69) is 20.7 Å². The van der Waals surface area contributed by atoms with Gasteiger partial charge in [0.1, 0.15) is 0 Å². The zero-order valence-electron chi connectivity index (χ0n) is 11.8. The standard InChI is InChI=1S/C10H22N4O4S/c1-7(8(15)13-9(16)11-4)12-6-10(2,3)14-19(5,17)18/h7,12,14H,6H2,1-5H3,(H2,11,13,15,16). The molecule has 19 heavy (non-hydrogen) atoms. The molecule has 112 valence electrons. The summed E-state index contributed by atoms with van der Waals surface area (Å²) in [5.41, 5.74) is -0.741. The van der Waals surface area contributed by atoms with Crippen molar-refractivity contribution in [3.05, 3.63) is 0 Å². The van der Waals surface area contributed by atoms with Crippen molar-refractivity contribution in [1.29, 1.82) is 0 Å². The predicted octanol–water partition coefficient (Wildman–Crippen LogP) is -1.25. The Bertz CT molecular complexity index is 433. The molecule has 1 atom stereocenters. The van der Waals surface area contributed by atoms with Crippen molar-refractivity contribution in [2.45, 2.75) is 32.4 Å². The number of rotatable bonds is 6. The van der Waals surface area contributed by atoms with Crippen LogP contribution in [0.1, 0.15) is 20.8 Å². The smallest absolute Gasteiger partial charge is 0.321 e. The quantitative estimate of drug-likeness (QED) is 0.488. The van der Waals surface area contributed by atoms with Gasteiger partial charge in [-0.15, -0.1) is 0 Å². The summed E-state index contributed by atoms with van der Waals surface area (Å²) in [6, 6.07) is -1.22. The van der Waals surface area contributed by atoms with Crippen molar-refractivity contribution in [2.75, 3.05) is 19.8 Å². The minimum Gasteiger partial charge on any atom is -0.341 e. The average molecular weight is 294 g/mol. The van der Waals surface area contributed by atoms with Crippen LogP contribution in [0.5, 0.6) is 0 Å². The predicted molar refractivity (Wildman–Crippen MR) is 72.1 cm³/mol. The van der Waals surface area contributed by atoms with Gasteiger partial charge in [-0.2, -0.15) is 0 Å². The second kappa shape index (κ2) is 6.83. The fourth-order valence-electron chi connectivity index (χ4n) is 1.32. The molecule has 0 bridgehead atoms. The molecule has 0 aliphatic heterocycles. The molecule has 0 saturated carbocycles. The Morgan fingerprint density at radius 2 is 1.79 bits per heavy atom. The summed E-state index contributed by atoms with van der Waals surface area (Å²) >= 11 is 0. The summed E-state index contributed by atoms with van der Waals surface area (Å²) in [7, 11) is -1.92. The van der Waals surface area contributed by atoms with Crippen LogP contribution in [-0.2, 0) is 14.8 Å². The summed E-state index contributed by atoms with van der Waals surface area (Å²) in [5, 5.41) is 7.24. The highest BCUT2D eigenvalue weighted by atomic mass is 32.2. The van der Waals surface area contributed by atoms with Gasteiger partial charge in [0.2, 0.25) is 15.9 Å². The van der Waals surface area contributed by atoms with Crippen molar-refractivity contribution in [3.8, 4) is 0 Å². The normalized spacial score (nSPS) is 13.7. The monoisotopic (exact) mass is 294 g/mol. The third kappa shape index (κ3) is 8.51. The molecule has 9 heteroatoms. The molecule has 0 aromatic carbocycles. The number of carbonyl (C=O) groups is 2. The highest BCUT2D eigenvalue weighted by Gasteiger charge is 2.24. The fraction of sp³-hybridized carbons (Fsp3) is 0.800. The van der Waals surface area contributed by atoms with E-state index in [1.807, 2.05) is 0 Å². The highest BCUT2D eigenvalue weighted by Crippen LogP contribution is 2.02. The SMILES string of the molecule is CNC(=O)NC(=O)C(C)NCC(C)(C)NS(C)(=O)=O. The van der Waals surface area contributed by atoms with Gasteiger partial charge in [0.15, 0.2) is 0 Å². The minimum absolute atomic E-state index is 0.238. The molecule has 8 nitrogen and oxygen atoms in total. The van der Waals surface area contributed by atoms with Crippen LogP contribution in [0, 0.1) is 0 Å². The largest absolute Gasteiger partial charge is 0.341 e. The van der Waals surface area contributed by atoms with Gasteiger partial charge in [-0.25, -0.2) is 17.9 Å². The Morgan fingerprint density at radius 3 is 2.21 bits per heavy atom. The molecule has 0 rings (SSSR count). The molecular weight excluding hydrogens is 272 g/mol. The van der Waals surface area contributed by atoms with Crippen LogP contribution >= 0.6 is 0 Å². The molecule has 0 spiro atoms. The van der Waals surface area contributed by atoms with Crippen LogP contribution in [0.2, 0.25) is 0 Å². The Morgan fingerprint density at radius 1 is 1.26 bits per heavy atom. The lowest BCUT2D eigenvalue weighted by Crippen LogP contribution is -2.54. The molecule has 0 aromatic heterocycles. The first-order valence-corrected chi connectivity index (χ1v) is 7.61. The number of hydrogen-bond acceptors (Lipinski definition) is 5. The second-order valence-corrected chi connectivity index (χ2v) is 6.68. The summed E-state index contributed by atoms with van der Waals surface area (Å²) < 4.78 is 24.7. The molecular formula is C10H22N4O4S. The van der Waals surface area contributed by atoms with E-state index >= 15 is 0 Å². The van der Waals surface area contributed by atoms with Gasteiger partial charge >= 0.3 is 6.03 Å². The van der Waals surface area contributed by atoms with E-state index in [-0.39, 0.29) is 6.54 Å². The van der Waals surface area contributed by atoms with Gasteiger partial charge in [0.25, 0.3) is 0 Å². The lowest BCUT2D eigenvalue weighted by molar-refractivity contribution is -0.121. The van der Waals surface area contributed by atoms with Crippen molar-refractivity contribution in [2.24, 2.45) is 0 Å². The van der Waals surface area contributed by atoms with E-state index in [1.54, 1.807) is 20.8 Å². The third-order valence-corrected chi connectivity index (χ3v) is 3.09. The molecule has 0 radical (unpaired) electrons. The first-order valence-electron chi connectivity index (χ1n) is 5.72. The Kier molecular flexibility index (Phi) is 6.40. The molecule has 1 unspecified atom stereocenters. The van der Waals surface area contributed by atoms with E-state index < -0.39 is 33.5 Å². The van der Waals surface area contributed by atoms with E-state index in [1.165, 1.54) is 7.05 Å². The summed E-state index contributed by atoms with van der Waals surface area (Å²) in [4.78, 5) is 22.5. The van der Waals surface area contributed by atoms with Crippen LogP contribution in [0.3, 0.4) is 0 Å². The zero-order valence-corrected chi connectivity index (χ0v) is 12.6. The van der Waals surface area contributed by atoms with Crippen molar-refractivity contribution < 1.29 is 18.0 Å². The maximum absolute atomic E-state index is 11.5. The second-order valence-electron chi connectivity index (χ2n) is 4.93. The van der Waals surface area contributed by atoms with Crippen LogP contribution in [-0.4, -0.2) is 51.8 Å². The molecule has 0 aliphatic carbocycles. The van der Waals surface area contributed by atoms with Gasteiger partial charge < -0.3 is 10.6 Å². The number of hydrogen-bond donors (Lipinski definition) is 4. The zero-order chi connectivity index (χ0) is 15.3. The number of urea groups is 1.